The van der Waals surface area contributed by atoms with Gasteiger partial charge in [0.05, 0.1) is 6.54 Å². The van der Waals surface area contributed by atoms with E-state index in [0.29, 0.717) is 25.0 Å². The first-order valence-electron chi connectivity index (χ1n) is 6.58. The first kappa shape index (κ1) is 14.7. The molecule has 0 unspecified atom stereocenters. The molecular weight excluding hydrogens is 224 g/mol. The van der Waals surface area contributed by atoms with E-state index in [4.69, 9.17) is 0 Å². The van der Waals surface area contributed by atoms with Gasteiger partial charge in [-0.3, -0.25) is 4.79 Å². The van der Waals surface area contributed by atoms with Gasteiger partial charge >= 0.3 is 0 Å². The third kappa shape index (κ3) is 5.32. The molecule has 0 saturated carbocycles. The van der Waals surface area contributed by atoms with E-state index in [1.807, 2.05) is 13.8 Å². The maximum absolute atomic E-state index is 11.5. The highest BCUT2D eigenvalue weighted by Crippen LogP contribution is 2.14. The van der Waals surface area contributed by atoms with Gasteiger partial charge in [-0.1, -0.05) is 52.0 Å². The van der Waals surface area contributed by atoms with Crippen molar-refractivity contribution in [2.45, 2.75) is 46.2 Å². The van der Waals surface area contributed by atoms with Crippen molar-refractivity contribution in [1.29, 1.82) is 0 Å². The highest BCUT2D eigenvalue weighted by Gasteiger charge is 2.03. The number of hydrogen-bond acceptors (Lipinski definition) is 2. The van der Waals surface area contributed by atoms with Gasteiger partial charge in [0, 0.05) is 12.6 Å². The van der Waals surface area contributed by atoms with Gasteiger partial charge in [-0.15, -0.1) is 0 Å². The molecule has 3 nitrogen and oxygen atoms in total. The molecular formula is C15H24N2O. The van der Waals surface area contributed by atoms with Crippen LogP contribution in [0.2, 0.25) is 0 Å². The van der Waals surface area contributed by atoms with Crippen LogP contribution in [-0.4, -0.2) is 18.5 Å². The van der Waals surface area contributed by atoms with Crippen LogP contribution in [0.3, 0.4) is 0 Å². The van der Waals surface area contributed by atoms with Crippen LogP contribution >= 0.6 is 0 Å². The summed E-state index contributed by atoms with van der Waals surface area (Å²) < 4.78 is 0. The summed E-state index contributed by atoms with van der Waals surface area (Å²) in [5.74, 6) is 0.584. The van der Waals surface area contributed by atoms with Crippen molar-refractivity contribution in [3.63, 3.8) is 0 Å². The number of carbonyl (C=O) groups is 1. The van der Waals surface area contributed by atoms with Crippen LogP contribution in [0.4, 0.5) is 0 Å². The number of amides is 1. The quantitative estimate of drug-likeness (QED) is 0.812. The van der Waals surface area contributed by atoms with Crippen molar-refractivity contribution in [3.05, 3.63) is 35.4 Å². The summed E-state index contributed by atoms with van der Waals surface area (Å²) in [4.78, 5) is 11.5. The van der Waals surface area contributed by atoms with Gasteiger partial charge in [0.15, 0.2) is 0 Å². The summed E-state index contributed by atoms with van der Waals surface area (Å²) in [6.07, 6.45) is 0. The Balaban J connectivity index is 2.37. The zero-order valence-corrected chi connectivity index (χ0v) is 11.8. The van der Waals surface area contributed by atoms with E-state index in [9.17, 15) is 4.79 Å². The Morgan fingerprint density at radius 3 is 2.22 bits per heavy atom. The van der Waals surface area contributed by atoms with Crippen LogP contribution < -0.4 is 10.6 Å². The molecule has 0 aliphatic rings. The fourth-order valence-electron chi connectivity index (χ4n) is 1.58. The summed E-state index contributed by atoms with van der Waals surface area (Å²) in [5.41, 5.74) is 2.46. The van der Waals surface area contributed by atoms with Crippen LogP contribution in [-0.2, 0) is 11.3 Å². The molecule has 100 valence electrons. The second kappa shape index (κ2) is 7.17. The fraction of sp³-hybridized carbons (Fsp3) is 0.533. The molecule has 1 aromatic rings. The van der Waals surface area contributed by atoms with Crippen LogP contribution in [0.1, 0.15) is 44.7 Å². The molecule has 18 heavy (non-hydrogen) atoms. The SMILES string of the molecule is CC(C)NCC(=O)NCc1ccc(C(C)C)cc1. The smallest absolute Gasteiger partial charge is 0.234 e. The molecule has 0 aliphatic carbocycles. The Kier molecular flexibility index (Phi) is 5.86. The van der Waals surface area contributed by atoms with Gasteiger partial charge in [-0.2, -0.15) is 0 Å². The second-order valence-electron chi connectivity index (χ2n) is 5.21. The number of benzene rings is 1. The van der Waals surface area contributed by atoms with Crippen LogP contribution in [0, 0.1) is 0 Å². The van der Waals surface area contributed by atoms with Crippen LogP contribution in [0.15, 0.2) is 24.3 Å². The largest absolute Gasteiger partial charge is 0.351 e. The highest BCUT2D eigenvalue weighted by molar-refractivity contribution is 5.77. The minimum absolute atomic E-state index is 0.0386. The standard InChI is InChI=1S/C15H24N2O/c1-11(2)14-7-5-13(6-8-14)9-17-15(18)10-16-12(3)4/h5-8,11-12,16H,9-10H2,1-4H3,(H,17,18). The molecule has 0 heterocycles. The lowest BCUT2D eigenvalue weighted by molar-refractivity contribution is -0.120. The topological polar surface area (TPSA) is 41.1 Å². The van der Waals surface area contributed by atoms with Crippen molar-refractivity contribution in [2.75, 3.05) is 6.54 Å². The van der Waals surface area contributed by atoms with E-state index in [1.54, 1.807) is 0 Å². The van der Waals surface area contributed by atoms with Gasteiger partial charge in [0.2, 0.25) is 5.91 Å². The summed E-state index contributed by atoms with van der Waals surface area (Å²) >= 11 is 0. The van der Waals surface area contributed by atoms with Gasteiger partial charge in [0.1, 0.15) is 0 Å². The third-order valence-electron chi connectivity index (χ3n) is 2.81. The monoisotopic (exact) mass is 248 g/mol. The number of rotatable bonds is 6. The van der Waals surface area contributed by atoms with Crippen molar-refractivity contribution in [2.24, 2.45) is 0 Å². The van der Waals surface area contributed by atoms with Crippen molar-refractivity contribution >= 4 is 5.91 Å². The molecule has 0 saturated heterocycles. The number of carbonyl (C=O) groups excluding carboxylic acids is 1. The zero-order chi connectivity index (χ0) is 13.5. The van der Waals surface area contributed by atoms with E-state index < -0.39 is 0 Å². The Morgan fingerprint density at radius 2 is 1.72 bits per heavy atom. The van der Waals surface area contributed by atoms with E-state index in [1.165, 1.54) is 5.56 Å². The molecule has 0 radical (unpaired) electrons. The van der Waals surface area contributed by atoms with Gasteiger partial charge < -0.3 is 10.6 Å². The van der Waals surface area contributed by atoms with Gasteiger partial charge in [-0.05, 0) is 17.0 Å². The fourth-order valence-corrected chi connectivity index (χ4v) is 1.58. The summed E-state index contributed by atoms with van der Waals surface area (Å²) in [6.45, 7) is 9.37. The lowest BCUT2D eigenvalue weighted by Crippen LogP contribution is -2.36. The first-order valence-corrected chi connectivity index (χ1v) is 6.58. The summed E-state index contributed by atoms with van der Waals surface area (Å²) in [7, 11) is 0. The molecule has 0 aliphatic heterocycles. The van der Waals surface area contributed by atoms with E-state index in [-0.39, 0.29) is 5.91 Å². The van der Waals surface area contributed by atoms with Crippen molar-refractivity contribution < 1.29 is 4.79 Å². The normalized spacial score (nSPS) is 11.0. The summed E-state index contributed by atoms with van der Waals surface area (Å²) in [6, 6.07) is 8.73. The second-order valence-corrected chi connectivity index (χ2v) is 5.21. The predicted octanol–water partition coefficient (Wildman–Crippen LogP) is 2.42. The lowest BCUT2D eigenvalue weighted by atomic mass is 10.0. The van der Waals surface area contributed by atoms with Gasteiger partial charge in [-0.25, -0.2) is 0 Å². The van der Waals surface area contributed by atoms with Gasteiger partial charge in [0.25, 0.3) is 0 Å². The van der Waals surface area contributed by atoms with Crippen LogP contribution in [0.25, 0.3) is 0 Å². The lowest BCUT2D eigenvalue weighted by Gasteiger charge is -2.10. The Hall–Kier alpha value is -1.35. The first-order chi connectivity index (χ1) is 8.49. The van der Waals surface area contributed by atoms with Crippen molar-refractivity contribution in [3.8, 4) is 0 Å². The van der Waals surface area contributed by atoms with E-state index in [2.05, 4.69) is 48.7 Å². The van der Waals surface area contributed by atoms with Crippen molar-refractivity contribution in [1.82, 2.24) is 10.6 Å². The maximum Gasteiger partial charge on any atom is 0.234 e. The molecule has 0 spiro atoms. The third-order valence-corrected chi connectivity index (χ3v) is 2.81. The molecule has 0 fully saturated rings. The molecule has 0 aromatic heterocycles. The molecule has 1 amide bonds. The number of nitrogens with one attached hydrogen (secondary N) is 2. The maximum atomic E-state index is 11.5. The van der Waals surface area contributed by atoms with E-state index >= 15 is 0 Å². The Morgan fingerprint density at radius 1 is 1.11 bits per heavy atom. The molecule has 0 atom stereocenters. The Labute approximate surface area is 110 Å². The Bertz CT molecular complexity index is 369. The van der Waals surface area contributed by atoms with Crippen LogP contribution in [0.5, 0.6) is 0 Å². The highest BCUT2D eigenvalue weighted by atomic mass is 16.1. The molecule has 0 bridgehead atoms. The molecule has 1 aromatic carbocycles. The summed E-state index contributed by atoms with van der Waals surface area (Å²) in [5, 5.41) is 6.00. The van der Waals surface area contributed by atoms with E-state index in [0.717, 1.165) is 5.56 Å². The number of hydrogen-bond donors (Lipinski definition) is 2. The average Bonchev–Trinajstić information content (AvgIpc) is 2.34. The zero-order valence-electron chi connectivity index (χ0n) is 11.8. The molecule has 2 N–H and O–H groups in total. The molecule has 1 rings (SSSR count). The minimum atomic E-state index is 0.0386. The minimum Gasteiger partial charge on any atom is -0.351 e. The average molecular weight is 248 g/mol. The predicted molar refractivity (Wildman–Crippen MR) is 75.5 cm³/mol. The molecule has 3 heteroatoms.